The summed E-state index contributed by atoms with van der Waals surface area (Å²) in [6.45, 7) is 1.45. The lowest BCUT2D eigenvalue weighted by molar-refractivity contribution is -0.133. The molecule has 0 bridgehead atoms. The average Bonchev–Trinajstić information content (AvgIpc) is 2.74. The van der Waals surface area contributed by atoms with E-state index in [2.05, 4.69) is 5.43 Å². The highest BCUT2D eigenvalue weighted by atomic mass is 19.4. The topological polar surface area (TPSA) is 52.6 Å². The lowest BCUT2D eigenvalue weighted by Gasteiger charge is -2.23. The quantitative estimate of drug-likeness (QED) is 0.866. The molecule has 0 radical (unpaired) electrons. The molecule has 1 aromatic carbocycles. The minimum atomic E-state index is -4.73. The summed E-state index contributed by atoms with van der Waals surface area (Å²) in [5.41, 5.74) is 1.72. The van der Waals surface area contributed by atoms with Crippen molar-refractivity contribution in [1.29, 1.82) is 0 Å². The van der Waals surface area contributed by atoms with E-state index in [1.165, 1.54) is 12.1 Å². The zero-order valence-corrected chi connectivity index (χ0v) is 9.95. The summed E-state index contributed by atoms with van der Waals surface area (Å²) in [5, 5.41) is 9.60. The highest BCUT2D eigenvalue weighted by Gasteiger charge is 2.45. The van der Waals surface area contributed by atoms with Gasteiger partial charge >= 0.3 is 12.1 Å². The van der Waals surface area contributed by atoms with Crippen molar-refractivity contribution in [2.75, 3.05) is 11.6 Å². The molecule has 1 heterocycles. The second kappa shape index (κ2) is 4.58. The maximum absolute atomic E-state index is 13.0. The number of allylic oxidation sites excluding steroid dienone is 1. The number of aryl methyl sites for hydroxylation is 1. The predicted molar refractivity (Wildman–Crippen MR) is 62.4 cm³/mol. The molecule has 0 amide bonds. The number of hydrazine groups is 1. The zero-order chi connectivity index (χ0) is 14.2. The fourth-order valence-electron chi connectivity index (χ4n) is 1.84. The number of carboxylic acid groups (broad SMARTS) is 1. The highest BCUT2D eigenvalue weighted by molar-refractivity contribution is 5.90. The number of hydrogen-bond acceptors (Lipinski definition) is 3. The number of nitrogens with one attached hydrogen (secondary N) is 1. The van der Waals surface area contributed by atoms with Gasteiger partial charge < -0.3 is 5.11 Å². The second-order valence-electron chi connectivity index (χ2n) is 4.14. The van der Waals surface area contributed by atoms with E-state index >= 15 is 0 Å². The molecule has 2 N–H and O–H groups in total. The molecule has 19 heavy (non-hydrogen) atoms. The summed E-state index contributed by atoms with van der Waals surface area (Å²) < 4.78 is 38.9. The van der Waals surface area contributed by atoms with E-state index < -0.39 is 23.4 Å². The minimum absolute atomic E-state index is 0.245. The van der Waals surface area contributed by atoms with E-state index in [0.717, 1.165) is 10.6 Å². The first-order chi connectivity index (χ1) is 8.80. The standard InChI is InChI=1S/C12H11F3N2O2/c1-7-2-4-8(5-3-7)17-10(12(13,14)15)9(6-16-17)11(18)19/h2-5,16H,6H2,1H3,(H,18,19). The molecule has 0 aromatic heterocycles. The minimum Gasteiger partial charge on any atom is -0.478 e. The van der Waals surface area contributed by atoms with Crippen LogP contribution in [0.3, 0.4) is 0 Å². The molecule has 0 atom stereocenters. The zero-order valence-electron chi connectivity index (χ0n) is 9.95. The molecule has 1 aliphatic rings. The van der Waals surface area contributed by atoms with Gasteiger partial charge in [0.15, 0.2) is 5.70 Å². The Hall–Kier alpha value is -2.02. The molecule has 0 unspecified atom stereocenters. The molecule has 0 saturated heterocycles. The molecule has 0 aliphatic carbocycles. The van der Waals surface area contributed by atoms with E-state index in [1.54, 1.807) is 12.1 Å². The fraction of sp³-hybridized carbons (Fsp3) is 0.250. The Kier molecular flexibility index (Phi) is 3.23. The van der Waals surface area contributed by atoms with Gasteiger partial charge in [-0.05, 0) is 19.1 Å². The Morgan fingerprint density at radius 1 is 1.32 bits per heavy atom. The molecular formula is C12H11F3N2O2. The van der Waals surface area contributed by atoms with Gasteiger partial charge in [-0.25, -0.2) is 10.2 Å². The Bertz CT molecular complexity index is 535. The SMILES string of the molecule is Cc1ccc(N2NCC(C(=O)O)=C2C(F)(F)F)cc1. The molecule has 0 fully saturated rings. The molecule has 0 spiro atoms. The number of nitrogens with zero attached hydrogens (tertiary/aromatic N) is 1. The third kappa shape index (κ3) is 2.55. The first-order valence-corrected chi connectivity index (χ1v) is 5.44. The Morgan fingerprint density at radius 2 is 1.89 bits per heavy atom. The number of carbonyl (C=O) groups is 1. The lowest BCUT2D eigenvalue weighted by Crippen LogP contribution is -2.36. The summed E-state index contributed by atoms with van der Waals surface area (Å²) in [7, 11) is 0. The van der Waals surface area contributed by atoms with Crippen LogP contribution in [0.15, 0.2) is 35.5 Å². The molecule has 4 nitrogen and oxygen atoms in total. The van der Waals surface area contributed by atoms with Gasteiger partial charge in [-0.3, -0.25) is 5.01 Å². The average molecular weight is 272 g/mol. The largest absolute Gasteiger partial charge is 0.478 e. The first-order valence-electron chi connectivity index (χ1n) is 5.44. The van der Waals surface area contributed by atoms with Gasteiger partial charge in [-0.15, -0.1) is 0 Å². The van der Waals surface area contributed by atoms with Gasteiger partial charge in [0.25, 0.3) is 0 Å². The van der Waals surface area contributed by atoms with E-state index in [9.17, 15) is 18.0 Å². The maximum atomic E-state index is 13.0. The first kappa shape index (κ1) is 13.4. The van der Waals surface area contributed by atoms with Crippen molar-refractivity contribution in [3.05, 3.63) is 41.1 Å². The normalized spacial score (nSPS) is 16.1. The van der Waals surface area contributed by atoms with E-state index in [-0.39, 0.29) is 12.2 Å². The number of hydrogen-bond donors (Lipinski definition) is 2. The van der Waals surface area contributed by atoms with E-state index in [1.807, 2.05) is 6.92 Å². The highest BCUT2D eigenvalue weighted by Crippen LogP contribution is 2.36. The van der Waals surface area contributed by atoms with Crippen molar-refractivity contribution < 1.29 is 23.1 Å². The summed E-state index contributed by atoms with van der Waals surface area (Å²) in [6, 6.07) is 6.31. The molecule has 1 aliphatic heterocycles. The summed E-state index contributed by atoms with van der Waals surface area (Å²) in [6.07, 6.45) is -4.73. The molecule has 102 valence electrons. The van der Waals surface area contributed by atoms with Crippen molar-refractivity contribution >= 4 is 11.7 Å². The van der Waals surface area contributed by atoms with Crippen molar-refractivity contribution in [2.45, 2.75) is 13.1 Å². The van der Waals surface area contributed by atoms with Crippen LogP contribution < -0.4 is 10.4 Å². The Labute approximate surface area is 107 Å². The fourth-order valence-corrected chi connectivity index (χ4v) is 1.84. The van der Waals surface area contributed by atoms with Crippen molar-refractivity contribution in [3.63, 3.8) is 0 Å². The number of aliphatic carboxylic acids is 1. The number of carboxylic acids is 1. The molecular weight excluding hydrogens is 261 g/mol. The molecule has 1 aromatic rings. The molecule has 7 heteroatoms. The van der Waals surface area contributed by atoms with Gasteiger partial charge in [-0.1, -0.05) is 17.7 Å². The van der Waals surface area contributed by atoms with Crippen molar-refractivity contribution in [2.24, 2.45) is 0 Å². The van der Waals surface area contributed by atoms with Crippen LogP contribution in [0.1, 0.15) is 5.56 Å². The number of alkyl halides is 3. The van der Waals surface area contributed by atoms with Crippen LogP contribution in [-0.2, 0) is 4.79 Å². The number of anilines is 1. The van der Waals surface area contributed by atoms with Crippen LogP contribution >= 0.6 is 0 Å². The van der Waals surface area contributed by atoms with Crippen LogP contribution in [0.5, 0.6) is 0 Å². The number of benzene rings is 1. The smallest absolute Gasteiger partial charge is 0.433 e. The Balaban J connectivity index is 2.47. The van der Waals surface area contributed by atoms with Gasteiger partial charge in [0.05, 0.1) is 11.3 Å². The van der Waals surface area contributed by atoms with Gasteiger partial charge in [0.1, 0.15) is 0 Å². The van der Waals surface area contributed by atoms with E-state index in [0.29, 0.717) is 0 Å². The summed E-state index contributed by atoms with van der Waals surface area (Å²) >= 11 is 0. The third-order valence-electron chi connectivity index (χ3n) is 2.74. The maximum Gasteiger partial charge on any atom is 0.433 e. The van der Waals surface area contributed by atoms with Crippen LogP contribution in [0.25, 0.3) is 0 Å². The molecule has 0 saturated carbocycles. The number of halogens is 3. The lowest BCUT2D eigenvalue weighted by atomic mass is 10.2. The van der Waals surface area contributed by atoms with Crippen molar-refractivity contribution in [1.82, 2.24) is 5.43 Å². The van der Waals surface area contributed by atoms with E-state index in [4.69, 9.17) is 5.11 Å². The second-order valence-corrected chi connectivity index (χ2v) is 4.14. The monoisotopic (exact) mass is 272 g/mol. The predicted octanol–water partition coefficient (Wildman–Crippen LogP) is 2.22. The van der Waals surface area contributed by atoms with Gasteiger partial charge in [0, 0.05) is 6.54 Å². The van der Waals surface area contributed by atoms with Crippen LogP contribution in [0.2, 0.25) is 0 Å². The van der Waals surface area contributed by atoms with Gasteiger partial charge in [-0.2, -0.15) is 13.2 Å². The Morgan fingerprint density at radius 3 is 2.37 bits per heavy atom. The van der Waals surface area contributed by atoms with Crippen LogP contribution in [0.4, 0.5) is 18.9 Å². The van der Waals surface area contributed by atoms with Crippen LogP contribution in [-0.4, -0.2) is 23.8 Å². The van der Waals surface area contributed by atoms with Crippen molar-refractivity contribution in [3.8, 4) is 0 Å². The van der Waals surface area contributed by atoms with Crippen LogP contribution in [0, 0.1) is 6.92 Å². The number of rotatable bonds is 2. The third-order valence-corrected chi connectivity index (χ3v) is 2.74. The summed E-state index contributed by atoms with van der Waals surface area (Å²) in [4.78, 5) is 10.9. The molecule has 2 rings (SSSR count). The summed E-state index contributed by atoms with van der Waals surface area (Å²) in [5.74, 6) is -1.57. The van der Waals surface area contributed by atoms with Gasteiger partial charge in [0.2, 0.25) is 0 Å².